The minimum atomic E-state index is -2.04. The van der Waals surface area contributed by atoms with Crippen molar-refractivity contribution in [3.8, 4) is 0 Å². The number of rotatable bonds is 9. The molecular weight excluding hydrogens is 483 g/mol. The van der Waals surface area contributed by atoms with Crippen LogP contribution in [-0.4, -0.2) is 78.7 Å². The lowest BCUT2D eigenvalue weighted by Gasteiger charge is -2.62. The minimum absolute atomic E-state index is 0.0424. The average Bonchev–Trinajstić information content (AvgIpc) is 3.05. The number of carbonyl (C=O) groups excluding carboxylic acids is 3. The van der Waals surface area contributed by atoms with Gasteiger partial charge in [0, 0.05) is 30.3 Å². The van der Waals surface area contributed by atoms with E-state index >= 15 is 4.39 Å². The molecule has 0 bridgehead atoms. The maximum absolute atomic E-state index is 17.2. The van der Waals surface area contributed by atoms with Crippen LogP contribution in [0, 0.1) is 28.6 Å². The summed E-state index contributed by atoms with van der Waals surface area (Å²) in [7, 11) is 1.54. The van der Waals surface area contributed by atoms with Gasteiger partial charge in [0.1, 0.15) is 5.60 Å². The number of Topliss-reactive ketones (excluding diaryl/α,β-unsaturated/α-hetero) is 1. The van der Waals surface area contributed by atoms with Crippen LogP contribution in [0.1, 0.15) is 52.9 Å². The molecular formula is C28H39FO8. The lowest BCUT2D eigenvalue weighted by Crippen LogP contribution is -2.69. The van der Waals surface area contributed by atoms with Gasteiger partial charge in [-0.15, -0.1) is 0 Å². The molecule has 0 aromatic heterocycles. The van der Waals surface area contributed by atoms with Crippen LogP contribution in [0.2, 0.25) is 0 Å². The van der Waals surface area contributed by atoms with Crippen LogP contribution in [0.4, 0.5) is 4.39 Å². The van der Waals surface area contributed by atoms with Crippen LogP contribution >= 0.6 is 0 Å². The van der Waals surface area contributed by atoms with Crippen molar-refractivity contribution in [3.63, 3.8) is 0 Å². The number of ketones is 2. The van der Waals surface area contributed by atoms with Crippen molar-refractivity contribution in [2.75, 3.05) is 33.5 Å². The van der Waals surface area contributed by atoms with Crippen molar-refractivity contribution in [2.45, 2.75) is 70.2 Å². The number of aliphatic hydroxyl groups excluding tert-OH is 1. The predicted octanol–water partition coefficient (Wildman–Crippen LogP) is 2.50. The Hall–Kier alpha value is -1.94. The zero-order chi connectivity index (χ0) is 27.2. The molecule has 0 aliphatic heterocycles. The first kappa shape index (κ1) is 28.1. The topological polar surface area (TPSA) is 119 Å². The lowest BCUT2D eigenvalue weighted by atomic mass is 9.45. The number of esters is 1. The van der Waals surface area contributed by atoms with Gasteiger partial charge in [0.2, 0.25) is 5.78 Å². The van der Waals surface area contributed by atoms with Crippen LogP contribution in [0.15, 0.2) is 23.8 Å². The molecule has 0 unspecified atom stereocenters. The third-order valence-corrected chi connectivity index (χ3v) is 9.86. The van der Waals surface area contributed by atoms with Crippen molar-refractivity contribution < 1.29 is 43.2 Å². The molecule has 0 amide bonds. The molecule has 4 aliphatic rings. The van der Waals surface area contributed by atoms with Gasteiger partial charge in [0.25, 0.3) is 0 Å². The Labute approximate surface area is 217 Å². The quantitative estimate of drug-likeness (QED) is 0.269. The van der Waals surface area contributed by atoms with E-state index in [4.69, 9.17) is 14.2 Å². The highest BCUT2D eigenvalue weighted by Gasteiger charge is 2.75. The van der Waals surface area contributed by atoms with E-state index < -0.39 is 64.3 Å². The number of ether oxygens (including phenoxy) is 3. The van der Waals surface area contributed by atoms with Gasteiger partial charge < -0.3 is 24.4 Å². The normalized spacial score (nSPS) is 42.5. The summed E-state index contributed by atoms with van der Waals surface area (Å²) in [5.74, 6) is -2.92. The van der Waals surface area contributed by atoms with Gasteiger partial charge in [-0.2, -0.15) is 0 Å². The fraction of sp³-hybridized carbons (Fsp3) is 0.750. The van der Waals surface area contributed by atoms with Gasteiger partial charge in [-0.1, -0.05) is 31.6 Å². The second-order valence-electron chi connectivity index (χ2n) is 11.6. The van der Waals surface area contributed by atoms with Crippen LogP contribution in [0.3, 0.4) is 0 Å². The van der Waals surface area contributed by atoms with Gasteiger partial charge in [-0.3, -0.25) is 14.4 Å². The van der Waals surface area contributed by atoms with E-state index in [1.54, 1.807) is 34.0 Å². The highest BCUT2D eigenvalue weighted by molar-refractivity contribution is 5.94. The highest BCUT2D eigenvalue weighted by Crippen LogP contribution is 2.70. The van der Waals surface area contributed by atoms with Crippen LogP contribution in [0.25, 0.3) is 0 Å². The van der Waals surface area contributed by atoms with Crippen LogP contribution < -0.4 is 0 Å². The summed E-state index contributed by atoms with van der Waals surface area (Å²) in [6, 6.07) is 0. The van der Waals surface area contributed by atoms with Crippen molar-refractivity contribution in [1.29, 1.82) is 0 Å². The van der Waals surface area contributed by atoms with Crippen molar-refractivity contribution >= 4 is 17.5 Å². The fourth-order valence-corrected chi connectivity index (χ4v) is 7.77. The number of halogens is 1. The molecule has 2 N–H and O–H groups in total. The van der Waals surface area contributed by atoms with E-state index in [1.165, 1.54) is 6.08 Å². The first-order valence-electron chi connectivity index (χ1n) is 13.1. The Kier molecular flexibility index (Phi) is 7.58. The molecule has 0 aromatic rings. The molecule has 8 nitrogen and oxygen atoms in total. The summed E-state index contributed by atoms with van der Waals surface area (Å²) in [5, 5.41) is 23.3. The summed E-state index contributed by atoms with van der Waals surface area (Å²) in [5.41, 5.74) is -5.51. The van der Waals surface area contributed by atoms with Crippen LogP contribution in [0.5, 0.6) is 0 Å². The third kappa shape index (κ3) is 4.13. The maximum atomic E-state index is 17.2. The SMILES string of the molecule is COCCOCCC(=O)OCC(=O)[C@@]1(O)[C@@H](C)C[C@H]2[C@@H]3CC=C4CC(=O)C=C[C@]4(C)[C@@]3(F)[C@@H](O)C[C@@]21C. The Balaban J connectivity index is 1.53. The molecule has 0 spiro atoms. The molecule has 0 radical (unpaired) electrons. The number of allylic oxidation sites excluding steroid dienone is 4. The highest BCUT2D eigenvalue weighted by atomic mass is 19.1. The maximum Gasteiger partial charge on any atom is 0.308 e. The monoisotopic (exact) mass is 522 g/mol. The zero-order valence-electron chi connectivity index (χ0n) is 22.1. The standard InChI is InChI=1S/C28H39FO8/c1-17-13-21-20-6-5-18-14-19(30)7-9-25(18,2)27(20,29)22(31)15-26(21,3)28(17,34)23(32)16-37-24(33)8-10-36-12-11-35-4/h5,7,9,17,20-22,31,34H,6,8,10-16H2,1-4H3/t17-,20-,21-,22-,25-,26-,27-,28-/m0/s1. The summed E-state index contributed by atoms with van der Waals surface area (Å²) in [4.78, 5) is 37.6. The fourth-order valence-electron chi connectivity index (χ4n) is 7.77. The van der Waals surface area contributed by atoms with Gasteiger partial charge in [0.15, 0.2) is 18.1 Å². The van der Waals surface area contributed by atoms with Gasteiger partial charge in [-0.05, 0) is 44.1 Å². The van der Waals surface area contributed by atoms with E-state index in [-0.39, 0.29) is 31.7 Å². The molecule has 4 aliphatic carbocycles. The molecule has 9 heteroatoms. The van der Waals surface area contributed by atoms with Crippen molar-refractivity contribution in [2.24, 2.45) is 28.6 Å². The Morgan fingerprint density at radius 1 is 1.19 bits per heavy atom. The molecule has 0 heterocycles. The van der Waals surface area contributed by atoms with E-state index in [0.29, 0.717) is 31.6 Å². The second kappa shape index (κ2) is 9.98. The van der Waals surface area contributed by atoms with Crippen molar-refractivity contribution in [3.05, 3.63) is 23.8 Å². The number of alkyl halides is 1. The Morgan fingerprint density at radius 3 is 2.62 bits per heavy atom. The number of aliphatic hydroxyl groups is 2. The average molecular weight is 523 g/mol. The largest absolute Gasteiger partial charge is 0.457 e. The first-order valence-corrected chi connectivity index (χ1v) is 13.1. The van der Waals surface area contributed by atoms with E-state index in [2.05, 4.69) is 0 Å². The third-order valence-electron chi connectivity index (χ3n) is 9.86. The molecule has 8 atom stereocenters. The van der Waals surface area contributed by atoms with Crippen molar-refractivity contribution in [1.82, 2.24) is 0 Å². The predicted molar refractivity (Wildman–Crippen MR) is 131 cm³/mol. The molecule has 4 rings (SSSR count). The molecule has 37 heavy (non-hydrogen) atoms. The lowest BCUT2D eigenvalue weighted by molar-refractivity contribution is -0.215. The molecule has 206 valence electrons. The number of methoxy groups -OCH3 is 1. The van der Waals surface area contributed by atoms with E-state index in [1.807, 2.05) is 6.08 Å². The molecule has 2 saturated carbocycles. The smallest absolute Gasteiger partial charge is 0.308 e. The first-order chi connectivity index (χ1) is 17.4. The minimum Gasteiger partial charge on any atom is -0.457 e. The Bertz CT molecular complexity index is 1010. The molecule has 2 fully saturated rings. The van der Waals surface area contributed by atoms with Gasteiger partial charge in [0.05, 0.1) is 32.3 Å². The summed E-state index contributed by atoms with van der Waals surface area (Å²) in [6.07, 6.45) is 4.10. The number of hydrogen-bond donors (Lipinski definition) is 2. The summed E-state index contributed by atoms with van der Waals surface area (Å²) >= 11 is 0. The zero-order valence-corrected chi connectivity index (χ0v) is 22.1. The summed E-state index contributed by atoms with van der Waals surface area (Å²) < 4.78 is 32.5. The van der Waals surface area contributed by atoms with Gasteiger partial charge >= 0.3 is 5.97 Å². The van der Waals surface area contributed by atoms with E-state index in [9.17, 15) is 24.6 Å². The number of hydrogen-bond acceptors (Lipinski definition) is 8. The number of carbonyl (C=O) groups is 3. The van der Waals surface area contributed by atoms with Crippen LogP contribution in [-0.2, 0) is 28.6 Å². The molecule has 0 aromatic carbocycles. The number of fused-ring (bicyclic) bond motifs is 5. The Morgan fingerprint density at radius 2 is 1.92 bits per heavy atom. The second-order valence-corrected chi connectivity index (χ2v) is 11.6. The summed E-state index contributed by atoms with van der Waals surface area (Å²) in [6.45, 7) is 5.48. The van der Waals surface area contributed by atoms with Gasteiger partial charge in [-0.25, -0.2) is 4.39 Å². The molecule has 0 saturated heterocycles. The van der Waals surface area contributed by atoms with E-state index in [0.717, 1.165) is 0 Å².